The van der Waals surface area contributed by atoms with Crippen molar-refractivity contribution in [2.24, 2.45) is 11.1 Å². The van der Waals surface area contributed by atoms with Gasteiger partial charge in [-0.3, -0.25) is 4.79 Å². The molecular formula is C19H16N2O2. The summed E-state index contributed by atoms with van der Waals surface area (Å²) in [5.41, 5.74) is 4.28. The Morgan fingerprint density at radius 2 is 1.83 bits per heavy atom. The summed E-state index contributed by atoms with van der Waals surface area (Å²) < 4.78 is 0. The average molecular weight is 304 g/mol. The molecule has 2 aromatic carbocycles. The molecule has 23 heavy (non-hydrogen) atoms. The third-order valence-electron chi connectivity index (χ3n) is 5.16. The minimum atomic E-state index is -0.284. The normalized spacial score (nSPS) is 27.8. The van der Waals surface area contributed by atoms with Gasteiger partial charge in [0.05, 0.1) is 6.04 Å². The van der Waals surface area contributed by atoms with Crippen molar-refractivity contribution in [1.29, 1.82) is 0 Å². The highest BCUT2D eigenvalue weighted by Crippen LogP contribution is 2.46. The van der Waals surface area contributed by atoms with Gasteiger partial charge in [0.2, 0.25) is 5.91 Å². The molecule has 2 aromatic rings. The summed E-state index contributed by atoms with van der Waals surface area (Å²) >= 11 is 0. The largest absolute Gasteiger partial charge is 0.388 e. The van der Waals surface area contributed by atoms with Gasteiger partial charge in [0, 0.05) is 12.1 Å². The third-order valence-corrected chi connectivity index (χ3v) is 5.16. The van der Waals surface area contributed by atoms with Crippen molar-refractivity contribution in [2.45, 2.75) is 18.6 Å². The molecule has 0 aromatic heterocycles. The Morgan fingerprint density at radius 3 is 2.70 bits per heavy atom. The minimum absolute atomic E-state index is 0.0117. The van der Waals surface area contributed by atoms with E-state index < -0.39 is 0 Å². The fourth-order valence-electron chi connectivity index (χ4n) is 4.11. The molecule has 4 nitrogen and oxygen atoms in total. The molecule has 0 aliphatic carbocycles. The Balaban J connectivity index is 1.58. The first-order valence-electron chi connectivity index (χ1n) is 8.02. The van der Waals surface area contributed by atoms with Crippen LogP contribution in [0, 0.1) is 5.92 Å². The van der Waals surface area contributed by atoms with Gasteiger partial charge < -0.3 is 9.74 Å². The lowest BCUT2D eigenvalue weighted by molar-refractivity contribution is -0.130. The maximum absolute atomic E-state index is 13.0. The van der Waals surface area contributed by atoms with Gasteiger partial charge in [0.15, 0.2) is 6.10 Å². The molecule has 0 saturated carbocycles. The summed E-state index contributed by atoms with van der Waals surface area (Å²) in [6, 6.07) is 18.2. The van der Waals surface area contributed by atoms with E-state index in [9.17, 15) is 4.79 Å². The van der Waals surface area contributed by atoms with E-state index in [-0.39, 0.29) is 24.0 Å². The molecule has 3 atom stereocenters. The van der Waals surface area contributed by atoms with Crippen LogP contribution in [0.3, 0.4) is 0 Å². The van der Waals surface area contributed by atoms with Crippen molar-refractivity contribution in [1.82, 2.24) is 4.90 Å². The number of amides is 1. The molecule has 1 fully saturated rings. The van der Waals surface area contributed by atoms with Crippen LogP contribution in [0.25, 0.3) is 0 Å². The molecule has 0 unspecified atom stereocenters. The van der Waals surface area contributed by atoms with E-state index >= 15 is 0 Å². The van der Waals surface area contributed by atoms with Gasteiger partial charge in [-0.15, -0.1) is 0 Å². The van der Waals surface area contributed by atoms with E-state index in [0.29, 0.717) is 0 Å². The predicted octanol–water partition coefficient (Wildman–Crippen LogP) is 2.55. The second-order valence-electron chi connectivity index (χ2n) is 6.32. The first-order valence-corrected chi connectivity index (χ1v) is 8.02. The fourth-order valence-corrected chi connectivity index (χ4v) is 4.11. The highest BCUT2D eigenvalue weighted by atomic mass is 16.6. The van der Waals surface area contributed by atoms with Gasteiger partial charge in [-0.25, -0.2) is 0 Å². The molecule has 5 rings (SSSR count). The predicted molar refractivity (Wildman–Crippen MR) is 85.9 cm³/mol. The lowest BCUT2D eigenvalue weighted by atomic mass is 9.87. The molecule has 0 spiro atoms. The minimum Gasteiger partial charge on any atom is -0.388 e. The third kappa shape index (κ3) is 1.72. The van der Waals surface area contributed by atoms with E-state index in [2.05, 4.69) is 23.4 Å². The number of carbonyl (C=O) groups is 1. The van der Waals surface area contributed by atoms with Crippen molar-refractivity contribution in [3.8, 4) is 0 Å². The van der Waals surface area contributed by atoms with Crippen molar-refractivity contribution >= 4 is 11.6 Å². The zero-order chi connectivity index (χ0) is 15.4. The highest BCUT2D eigenvalue weighted by molar-refractivity contribution is 6.15. The molecule has 0 bridgehead atoms. The van der Waals surface area contributed by atoms with Crippen LogP contribution in [-0.4, -0.2) is 29.2 Å². The van der Waals surface area contributed by atoms with Crippen LogP contribution in [0.2, 0.25) is 0 Å². The van der Waals surface area contributed by atoms with Crippen LogP contribution in [-0.2, 0) is 16.1 Å². The number of benzene rings is 2. The highest BCUT2D eigenvalue weighted by Gasteiger charge is 2.57. The van der Waals surface area contributed by atoms with E-state index in [1.807, 2.05) is 41.3 Å². The van der Waals surface area contributed by atoms with E-state index in [4.69, 9.17) is 4.84 Å². The molecule has 1 saturated heterocycles. The van der Waals surface area contributed by atoms with Gasteiger partial charge in [-0.1, -0.05) is 59.8 Å². The summed E-state index contributed by atoms with van der Waals surface area (Å²) in [5.74, 6) is -0.136. The molecule has 4 heteroatoms. The number of hydrogen-bond donors (Lipinski definition) is 0. The lowest BCUT2D eigenvalue weighted by Gasteiger charge is -2.33. The van der Waals surface area contributed by atoms with Crippen molar-refractivity contribution in [2.75, 3.05) is 6.54 Å². The summed E-state index contributed by atoms with van der Waals surface area (Å²) in [6.07, 6.45) is 0.703. The molecule has 1 amide bonds. The second kappa shape index (κ2) is 4.69. The maximum atomic E-state index is 13.0. The van der Waals surface area contributed by atoms with Crippen LogP contribution in [0.15, 0.2) is 59.8 Å². The zero-order valence-electron chi connectivity index (χ0n) is 12.6. The second-order valence-corrected chi connectivity index (χ2v) is 6.32. The summed E-state index contributed by atoms with van der Waals surface area (Å²) in [4.78, 5) is 20.7. The van der Waals surface area contributed by atoms with Crippen molar-refractivity contribution < 1.29 is 9.63 Å². The fraction of sp³-hybridized carbons (Fsp3) is 0.263. The smallest absolute Gasteiger partial charge is 0.236 e. The Labute approximate surface area is 134 Å². The van der Waals surface area contributed by atoms with Gasteiger partial charge in [-0.05, 0) is 17.5 Å². The average Bonchev–Trinajstić information content (AvgIpc) is 3.16. The summed E-state index contributed by atoms with van der Waals surface area (Å²) in [6.45, 7) is 0.763. The molecule has 0 N–H and O–H groups in total. The van der Waals surface area contributed by atoms with Crippen LogP contribution in [0.4, 0.5) is 0 Å². The van der Waals surface area contributed by atoms with Gasteiger partial charge >= 0.3 is 0 Å². The standard InChI is InChI=1S/C19H16N2O2/c22-19-15-16(13-7-2-1-3-8-13)20-23-18(15)17-14-9-5-4-6-12(14)10-11-21(17)19/h1-9,15,17-18H,10-11H2/t15-,17-,18+/m1/s1. The first kappa shape index (κ1) is 12.9. The quantitative estimate of drug-likeness (QED) is 0.812. The summed E-state index contributed by atoms with van der Waals surface area (Å²) in [5, 5.41) is 4.27. The van der Waals surface area contributed by atoms with E-state index in [0.717, 1.165) is 24.2 Å². The number of hydrogen-bond acceptors (Lipinski definition) is 3. The van der Waals surface area contributed by atoms with Crippen LogP contribution < -0.4 is 0 Å². The molecule has 0 radical (unpaired) electrons. The van der Waals surface area contributed by atoms with Crippen LogP contribution >= 0.6 is 0 Å². The number of oxime groups is 1. The zero-order valence-corrected chi connectivity index (χ0v) is 12.6. The van der Waals surface area contributed by atoms with Crippen LogP contribution in [0.1, 0.15) is 22.7 Å². The number of fused-ring (bicyclic) bond motifs is 5. The Bertz CT molecular complexity index is 815. The number of carbonyl (C=O) groups excluding carboxylic acids is 1. The monoisotopic (exact) mass is 304 g/mol. The number of rotatable bonds is 1. The van der Waals surface area contributed by atoms with Gasteiger partial charge in [-0.2, -0.15) is 0 Å². The van der Waals surface area contributed by atoms with E-state index in [1.165, 1.54) is 11.1 Å². The van der Waals surface area contributed by atoms with Crippen LogP contribution in [0.5, 0.6) is 0 Å². The maximum Gasteiger partial charge on any atom is 0.236 e. The molecular weight excluding hydrogens is 288 g/mol. The van der Waals surface area contributed by atoms with Crippen molar-refractivity contribution in [3.05, 3.63) is 71.3 Å². The van der Waals surface area contributed by atoms with E-state index in [1.54, 1.807) is 0 Å². The SMILES string of the molecule is O=C1[C@@H]2C(c3ccccc3)=NO[C@@H]2[C@H]2c3ccccc3CCN12. The molecule has 3 aliphatic rings. The van der Waals surface area contributed by atoms with Crippen molar-refractivity contribution in [3.63, 3.8) is 0 Å². The first-order chi connectivity index (χ1) is 11.3. The Kier molecular flexibility index (Phi) is 2.62. The summed E-state index contributed by atoms with van der Waals surface area (Å²) in [7, 11) is 0. The molecule has 3 heterocycles. The number of nitrogens with zero attached hydrogens (tertiary/aromatic N) is 2. The topological polar surface area (TPSA) is 41.9 Å². The van der Waals surface area contributed by atoms with Gasteiger partial charge in [0.1, 0.15) is 11.6 Å². The lowest BCUT2D eigenvalue weighted by Crippen LogP contribution is -2.37. The Morgan fingerprint density at radius 1 is 1.04 bits per heavy atom. The van der Waals surface area contributed by atoms with Gasteiger partial charge in [0.25, 0.3) is 0 Å². The molecule has 3 aliphatic heterocycles. The molecule has 114 valence electrons. The Hall–Kier alpha value is -2.62.